The molecular formula is C12H16FN5. The maximum Gasteiger partial charge on any atom is 0.165 e. The molecule has 0 amide bonds. The summed E-state index contributed by atoms with van der Waals surface area (Å²) < 4.78 is 14.7. The molecule has 6 heteroatoms. The standard InChI is InChI=1S/C12H16FN5/c1-2-6-14-8-12-15-16-17-18(12)9-10-4-3-5-11(13)7-10/h3-5,7,14H,2,6,8-9H2,1H3. The lowest BCUT2D eigenvalue weighted by Gasteiger charge is -2.05. The Morgan fingerprint density at radius 2 is 2.28 bits per heavy atom. The van der Waals surface area contributed by atoms with E-state index in [1.54, 1.807) is 10.7 Å². The second-order valence-electron chi connectivity index (χ2n) is 4.06. The van der Waals surface area contributed by atoms with Crippen LogP contribution in [0.5, 0.6) is 0 Å². The van der Waals surface area contributed by atoms with Crippen LogP contribution >= 0.6 is 0 Å². The van der Waals surface area contributed by atoms with Crippen LogP contribution in [0.25, 0.3) is 0 Å². The zero-order chi connectivity index (χ0) is 12.8. The van der Waals surface area contributed by atoms with Gasteiger partial charge in [0.05, 0.1) is 13.1 Å². The molecule has 0 saturated heterocycles. The van der Waals surface area contributed by atoms with E-state index in [1.807, 2.05) is 6.07 Å². The van der Waals surface area contributed by atoms with Crippen LogP contribution in [-0.4, -0.2) is 26.8 Å². The largest absolute Gasteiger partial charge is 0.310 e. The Hall–Kier alpha value is -1.82. The van der Waals surface area contributed by atoms with Crippen molar-refractivity contribution in [2.45, 2.75) is 26.4 Å². The van der Waals surface area contributed by atoms with Gasteiger partial charge in [-0.05, 0) is 41.1 Å². The molecular weight excluding hydrogens is 233 g/mol. The molecule has 0 atom stereocenters. The normalized spacial score (nSPS) is 10.8. The third kappa shape index (κ3) is 3.33. The van der Waals surface area contributed by atoms with Crippen LogP contribution in [0.15, 0.2) is 24.3 Å². The van der Waals surface area contributed by atoms with Crippen molar-refractivity contribution in [1.29, 1.82) is 0 Å². The number of rotatable bonds is 6. The first-order chi connectivity index (χ1) is 8.79. The van der Waals surface area contributed by atoms with Gasteiger partial charge >= 0.3 is 0 Å². The number of hydrogen-bond donors (Lipinski definition) is 1. The van der Waals surface area contributed by atoms with Crippen LogP contribution in [0.1, 0.15) is 24.7 Å². The van der Waals surface area contributed by atoms with Crippen molar-refractivity contribution in [3.8, 4) is 0 Å². The Balaban J connectivity index is 2.03. The molecule has 0 aliphatic carbocycles. The molecule has 1 heterocycles. The van der Waals surface area contributed by atoms with Crippen LogP contribution in [0.2, 0.25) is 0 Å². The Morgan fingerprint density at radius 1 is 1.39 bits per heavy atom. The molecule has 5 nitrogen and oxygen atoms in total. The molecule has 0 fully saturated rings. The highest BCUT2D eigenvalue weighted by Gasteiger charge is 2.06. The first-order valence-electron chi connectivity index (χ1n) is 6.00. The summed E-state index contributed by atoms with van der Waals surface area (Å²) in [6.07, 6.45) is 1.06. The summed E-state index contributed by atoms with van der Waals surface area (Å²) in [6.45, 7) is 4.12. The summed E-state index contributed by atoms with van der Waals surface area (Å²) in [5.74, 6) is 0.513. The van der Waals surface area contributed by atoms with Gasteiger partial charge in [0.25, 0.3) is 0 Å². The van der Waals surface area contributed by atoms with E-state index < -0.39 is 0 Å². The van der Waals surface area contributed by atoms with Crippen molar-refractivity contribution < 1.29 is 4.39 Å². The predicted molar refractivity (Wildman–Crippen MR) is 65.3 cm³/mol. The number of aromatic nitrogens is 4. The zero-order valence-corrected chi connectivity index (χ0v) is 10.3. The molecule has 0 saturated carbocycles. The van der Waals surface area contributed by atoms with Crippen LogP contribution in [-0.2, 0) is 13.1 Å². The number of hydrogen-bond acceptors (Lipinski definition) is 4. The molecule has 0 radical (unpaired) electrons. The van der Waals surface area contributed by atoms with E-state index in [0.29, 0.717) is 13.1 Å². The van der Waals surface area contributed by atoms with Crippen molar-refractivity contribution in [2.24, 2.45) is 0 Å². The van der Waals surface area contributed by atoms with Gasteiger partial charge in [0.15, 0.2) is 5.82 Å². The highest BCUT2D eigenvalue weighted by molar-refractivity contribution is 5.16. The predicted octanol–water partition coefficient (Wildman–Crippen LogP) is 1.36. The molecule has 0 unspecified atom stereocenters. The summed E-state index contributed by atoms with van der Waals surface area (Å²) in [4.78, 5) is 0. The average Bonchev–Trinajstić information content (AvgIpc) is 2.77. The minimum absolute atomic E-state index is 0.244. The second kappa shape index (κ2) is 6.20. The SMILES string of the molecule is CCCNCc1nnnn1Cc1cccc(F)c1. The quantitative estimate of drug-likeness (QED) is 0.785. The Kier molecular flexibility index (Phi) is 4.35. The lowest BCUT2D eigenvalue weighted by Crippen LogP contribution is -2.18. The molecule has 1 aromatic heterocycles. The lowest BCUT2D eigenvalue weighted by molar-refractivity contribution is 0.573. The average molecular weight is 249 g/mol. The van der Waals surface area contributed by atoms with Crippen LogP contribution in [0, 0.1) is 5.82 Å². The van der Waals surface area contributed by atoms with Gasteiger partial charge in [0, 0.05) is 0 Å². The minimum atomic E-state index is -0.244. The monoisotopic (exact) mass is 249 g/mol. The fourth-order valence-corrected chi connectivity index (χ4v) is 1.66. The molecule has 0 aliphatic heterocycles. The highest BCUT2D eigenvalue weighted by Crippen LogP contribution is 2.06. The first kappa shape index (κ1) is 12.6. The van der Waals surface area contributed by atoms with E-state index in [9.17, 15) is 4.39 Å². The summed E-state index contributed by atoms with van der Waals surface area (Å²) in [5.41, 5.74) is 0.846. The van der Waals surface area contributed by atoms with Crippen LogP contribution in [0.4, 0.5) is 4.39 Å². The van der Waals surface area contributed by atoms with E-state index in [4.69, 9.17) is 0 Å². The number of nitrogens with one attached hydrogen (secondary N) is 1. The van der Waals surface area contributed by atoms with Gasteiger partial charge in [0.2, 0.25) is 0 Å². The van der Waals surface area contributed by atoms with E-state index in [0.717, 1.165) is 24.4 Å². The summed E-state index contributed by atoms with van der Waals surface area (Å²) >= 11 is 0. The minimum Gasteiger partial charge on any atom is -0.310 e. The van der Waals surface area contributed by atoms with E-state index in [2.05, 4.69) is 27.8 Å². The van der Waals surface area contributed by atoms with Gasteiger partial charge in [0.1, 0.15) is 5.82 Å². The summed E-state index contributed by atoms with van der Waals surface area (Å²) in [7, 11) is 0. The molecule has 18 heavy (non-hydrogen) atoms. The third-order valence-corrected chi connectivity index (χ3v) is 2.54. The van der Waals surface area contributed by atoms with Crippen molar-refractivity contribution in [1.82, 2.24) is 25.5 Å². The van der Waals surface area contributed by atoms with Crippen molar-refractivity contribution >= 4 is 0 Å². The number of halogens is 1. The van der Waals surface area contributed by atoms with Crippen molar-refractivity contribution in [3.63, 3.8) is 0 Å². The van der Waals surface area contributed by atoms with Gasteiger partial charge in [-0.3, -0.25) is 0 Å². The van der Waals surface area contributed by atoms with E-state index in [-0.39, 0.29) is 5.82 Å². The number of benzene rings is 1. The Morgan fingerprint density at radius 3 is 3.06 bits per heavy atom. The maximum atomic E-state index is 13.1. The molecule has 2 aromatic rings. The molecule has 0 spiro atoms. The molecule has 0 aliphatic rings. The second-order valence-corrected chi connectivity index (χ2v) is 4.06. The fourth-order valence-electron chi connectivity index (χ4n) is 1.66. The van der Waals surface area contributed by atoms with Gasteiger partial charge in [-0.1, -0.05) is 19.1 Å². The number of nitrogens with zero attached hydrogens (tertiary/aromatic N) is 4. The fraction of sp³-hybridized carbons (Fsp3) is 0.417. The maximum absolute atomic E-state index is 13.1. The third-order valence-electron chi connectivity index (χ3n) is 2.54. The molecule has 1 aromatic carbocycles. The molecule has 96 valence electrons. The summed E-state index contributed by atoms with van der Waals surface area (Å²) in [5, 5.41) is 14.8. The smallest absolute Gasteiger partial charge is 0.165 e. The number of tetrazole rings is 1. The van der Waals surface area contributed by atoms with Crippen molar-refractivity contribution in [3.05, 3.63) is 41.5 Å². The summed E-state index contributed by atoms with van der Waals surface area (Å²) in [6, 6.07) is 6.45. The van der Waals surface area contributed by atoms with Gasteiger partial charge < -0.3 is 5.32 Å². The van der Waals surface area contributed by atoms with Gasteiger partial charge in [-0.15, -0.1) is 5.10 Å². The van der Waals surface area contributed by atoms with Crippen LogP contribution < -0.4 is 5.32 Å². The van der Waals surface area contributed by atoms with E-state index in [1.165, 1.54) is 12.1 Å². The highest BCUT2D eigenvalue weighted by atomic mass is 19.1. The topological polar surface area (TPSA) is 55.6 Å². The van der Waals surface area contributed by atoms with Crippen molar-refractivity contribution in [2.75, 3.05) is 6.54 Å². The van der Waals surface area contributed by atoms with Gasteiger partial charge in [-0.25, -0.2) is 9.07 Å². The van der Waals surface area contributed by atoms with E-state index >= 15 is 0 Å². The first-order valence-corrected chi connectivity index (χ1v) is 6.00. The van der Waals surface area contributed by atoms with Crippen LogP contribution in [0.3, 0.4) is 0 Å². The van der Waals surface area contributed by atoms with Gasteiger partial charge in [-0.2, -0.15) is 0 Å². The Bertz CT molecular complexity index is 497. The lowest BCUT2D eigenvalue weighted by atomic mass is 10.2. The molecule has 2 rings (SSSR count). The Labute approximate surface area is 105 Å². The molecule has 1 N–H and O–H groups in total. The molecule has 0 bridgehead atoms. The zero-order valence-electron chi connectivity index (χ0n) is 10.3.